The molecular formula is C32H31F3N6O8S. The van der Waals surface area contributed by atoms with Crippen LogP contribution in [0.15, 0.2) is 83.8 Å². The second-order valence-electron chi connectivity index (χ2n) is 11.3. The van der Waals surface area contributed by atoms with Crippen molar-refractivity contribution in [3.63, 3.8) is 0 Å². The quantitative estimate of drug-likeness (QED) is 0.164. The molecule has 18 heteroatoms. The van der Waals surface area contributed by atoms with Crippen LogP contribution < -0.4 is 10.1 Å². The fourth-order valence-corrected chi connectivity index (χ4v) is 5.86. The number of aromatic nitrogens is 2. The summed E-state index contributed by atoms with van der Waals surface area (Å²) in [4.78, 5) is 43.0. The first kappa shape index (κ1) is 36.1. The molecule has 0 fully saturated rings. The van der Waals surface area contributed by atoms with Gasteiger partial charge in [0.05, 0.1) is 40.0 Å². The Bertz CT molecular complexity index is 1970. The van der Waals surface area contributed by atoms with E-state index < -0.39 is 64.5 Å². The van der Waals surface area contributed by atoms with Crippen molar-refractivity contribution in [1.29, 1.82) is 0 Å². The number of ether oxygens (including phenoxy) is 1. The predicted octanol–water partition coefficient (Wildman–Crippen LogP) is 3.47. The molecule has 0 saturated carbocycles. The smallest absolute Gasteiger partial charge is 0.435 e. The van der Waals surface area contributed by atoms with Gasteiger partial charge in [0.1, 0.15) is 6.61 Å². The first-order valence-electron chi connectivity index (χ1n) is 15.0. The van der Waals surface area contributed by atoms with E-state index in [9.17, 15) is 41.2 Å². The lowest BCUT2D eigenvalue weighted by Crippen LogP contribution is -3.14. The van der Waals surface area contributed by atoms with Crippen molar-refractivity contribution in [2.45, 2.75) is 37.9 Å². The Morgan fingerprint density at radius 3 is 2.16 bits per heavy atom. The number of amides is 3. The number of alkyl halides is 3. The molecular weight excluding hydrogens is 685 g/mol. The Morgan fingerprint density at radius 1 is 1.00 bits per heavy atom. The summed E-state index contributed by atoms with van der Waals surface area (Å²) >= 11 is 0. The fourth-order valence-electron chi connectivity index (χ4n) is 4.97. The highest BCUT2D eigenvalue weighted by molar-refractivity contribution is 7.90. The van der Waals surface area contributed by atoms with Gasteiger partial charge in [-0.1, -0.05) is 42.0 Å². The Labute approximate surface area is 284 Å². The average Bonchev–Trinajstić information content (AvgIpc) is 3.62. The third-order valence-corrected chi connectivity index (χ3v) is 8.90. The van der Waals surface area contributed by atoms with Gasteiger partial charge in [0.25, 0.3) is 21.8 Å². The third kappa shape index (κ3) is 7.84. The summed E-state index contributed by atoms with van der Waals surface area (Å²) in [5, 5.41) is 16.7. The van der Waals surface area contributed by atoms with Gasteiger partial charge in [-0.05, 0) is 63.2 Å². The zero-order chi connectivity index (χ0) is 36.4. The van der Waals surface area contributed by atoms with Gasteiger partial charge < -0.3 is 9.94 Å². The second kappa shape index (κ2) is 14.4. The van der Waals surface area contributed by atoms with Crippen LogP contribution in [0.2, 0.25) is 0 Å². The lowest BCUT2D eigenvalue weighted by atomic mass is 10.1. The number of nitrogens with one attached hydrogen (secondary N) is 2. The number of quaternary nitrogens is 1. The second-order valence-corrected chi connectivity index (χ2v) is 13.0. The first-order valence-corrected chi connectivity index (χ1v) is 16.5. The van der Waals surface area contributed by atoms with E-state index in [4.69, 9.17) is 9.57 Å². The van der Waals surface area contributed by atoms with E-state index in [-0.39, 0.29) is 33.9 Å². The van der Waals surface area contributed by atoms with Crippen molar-refractivity contribution in [3.05, 3.63) is 106 Å². The molecule has 0 spiro atoms. The zero-order valence-corrected chi connectivity index (χ0v) is 27.6. The molecule has 50 heavy (non-hydrogen) atoms. The summed E-state index contributed by atoms with van der Waals surface area (Å²) in [7, 11) is -4.49. The summed E-state index contributed by atoms with van der Waals surface area (Å²) in [6.07, 6.45) is -6.09. The Hall–Kier alpha value is -5.14. The van der Waals surface area contributed by atoms with Gasteiger partial charge in [-0.2, -0.15) is 23.1 Å². The zero-order valence-electron chi connectivity index (χ0n) is 26.8. The molecule has 0 aliphatic carbocycles. The number of halogens is 3. The van der Waals surface area contributed by atoms with E-state index in [1.54, 1.807) is 55.0 Å². The van der Waals surface area contributed by atoms with E-state index in [2.05, 4.69) is 5.10 Å². The summed E-state index contributed by atoms with van der Waals surface area (Å²) < 4.78 is 74.1. The van der Waals surface area contributed by atoms with E-state index in [1.807, 2.05) is 6.92 Å². The normalized spacial score (nSPS) is 14.0. The molecule has 1 aliphatic rings. The van der Waals surface area contributed by atoms with Crippen LogP contribution in [0.4, 0.5) is 18.0 Å². The van der Waals surface area contributed by atoms with Crippen LogP contribution in [0.1, 0.15) is 45.8 Å². The minimum Gasteiger partial charge on any atom is -0.579 e. The number of hydrogen-bond acceptors (Lipinski definition) is 10. The molecule has 3 amide bonds. The van der Waals surface area contributed by atoms with Crippen LogP contribution >= 0.6 is 0 Å². The molecule has 14 nitrogen and oxygen atoms in total. The largest absolute Gasteiger partial charge is 0.579 e. The summed E-state index contributed by atoms with van der Waals surface area (Å²) in [6.45, 7) is 3.76. The number of carbonyl (C=O) groups excluding carboxylic acids is 3. The molecule has 0 bridgehead atoms. The number of nitrogens with zero attached hydrogens (tertiary/aromatic N) is 4. The van der Waals surface area contributed by atoms with Crippen molar-refractivity contribution in [2.75, 3.05) is 19.9 Å². The molecule has 4 aromatic rings. The van der Waals surface area contributed by atoms with Gasteiger partial charge in [0.2, 0.25) is 0 Å². The maximum absolute atomic E-state index is 13.5. The van der Waals surface area contributed by atoms with Gasteiger partial charge in [0, 0.05) is 5.56 Å². The fraction of sp³-hybridized carbons (Fsp3) is 0.250. The predicted molar refractivity (Wildman–Crippen MR) is 169 cm³/mol. The lowest BCUT2D eigenvalue weighted by Gasteiger charge is -2.34. The number of carbonyl (C=O) groups is 3. The van der Waals surface area contributed by atoms with Crippen LogP contribution in [0, 0.1) is 12.1 Å². The van der Waals surface area contributed by atoms with Crippen molar-refractivity contribution in [3.8, 4) is 16.9 Å². The Morgan fingerprint density at radius 2 is 1.60 bits per heavy atom. The number of rotatable bonds is 12. The van der Waals surface area contributed by atoms with Crippen LogP contribution in [0.5, 0.6) is 0 Å². The van der Waals surface area contributed by atoms with Gasteiger partial charge in [-0.3, -0.25) is 9.59 Å². The minimum atomic E-state index is -4.73. The molecule has 1 aliphatic heterocycles. The van der Waals surface area contributed by atoms with Crippen LogP contribution in [-0.4, -0.2) is 71.9 Å². The van der Waals surface area contributed by atoms with E-state index >= 15 is 0 Å². The van der Waals surface area contributed by atoms with Crippen molar-refractivity contribution in [2.24, 2.45) is 0 Å². The van der Waals surface area contributed by atoms with Gasteiger partial charge in [-0.25, -0.2) is 27.5 Å². The van der Waals surface area contributed by atoms with E-state index in [0.29, 0.717) is 5.56 Å². The highest BCUT2D eigenvalue weighted by atomic mass is 32.2. The van der Waals surface area contributed by atoms with Gasteiger partial charge in [-0.15, -0.1) is 10.3 Å². The standard InChI is InChI=1S/C32H31F3N6O8S/c1-20(2)39(41(45)49-19-38-29(42)25-6-4-5-7-26(25)30(38)43)16-17-48-31(44)37-50(46,47)24-14-12-23(13-15-24)40-27(18-28(36-40)32(33,34)35)22-10-8-21(3)9-11-22/h4-15,18,20,41H,16-17,19H2,1-3H3,(H,37,44). The molecule has 3 aromatic carbocycles. The molecule has 0 radical (unpaired) electrons. The topological polar surface area (TPSA) is 168 Å². The van der Waals surface area contributed by atoms with E-state index in [1.165, 1.54) is 24.3 Å². The summed E-state index contributed by atoms with van der Waals surface area (Å²) in [5.74, 6) is -1.23. The van der Waals surface area contributed by atoms with Crippen molar-refractivity contribution >= 4 is 27.9 Å². The summed E-state index contributed by atoms with van der Waals surface area (Å²) in [5.41, 5.74) is 0.828. The first-order chi connectivity index (χ1) is 23.6. The van der Waals surface area contributed by atoms with Gasteiger partial charge >= 0.3 is 12.3 Å². The number of benzene rings is 3. The molecule has 1 aromatic heterocycles. The lowest BCUT2D eigenvalue weighted by molar-refractivity contribution is -1.15. The number of fused-ring (bicyclic) bond motifs is 1. The number of imide groups is 1. The van der Waals surface area contributed by atoms with E-state index in [0.717, 1.165) is 38.4 Å². The number of hydrogen-bond donors (Lipinski definition) is 2. The Kier molecular flexibility index (Phi) is 10.4. The van der Waals surface area contributed by atoms with Gasteiger partial charge in [0.15, 0.2) is 12.4 Å². The average molecular weight is 717 g/mol. The van der Waals surface area contributed by atoms with Crippen LogP contribution in [0.25, 0.3) is 16.9 Å². The molecule has 1 atom stereocenters. The molecule has 0 saturated heterocycles. The highest BCUT2D eigenvalue weighted by Gasteiger charge is 2.37. The molecule has 5 rings (SSSR count). The maximum atomic E-state index is 13.5. The third-order valence-electron chi connectivity index (χ3n) is 7.57. The molecule has 2 N–H and O–H groups in total. The van der Waals surface area contributed by atoms with Crippen LogP contribution in [0.3, 0.4) is 0 Å². The maximum Gasteiger partial charge on any atom is 0.435 e. The number of sulfonamides is 1. The van der Waals surface area contributed by atoms with Crippen LogP contribution in [-0.2, 0) is 25.8 Å². The SMILES string of the molecule is Cc1ccc(-c2cc(C(F)(F)F)nn2-c2ccc(S(=O)(=O)NC(=O)OCCN(C(C)C)[NH+]([O-])OCN3C(=O)c4ccccc4C3=O)cc2)cc1. The highest BCUT2D eigenvalue weighted by Crippen LogP contribution is 2.33. The van der Waals surface area contributed by atoms with Crippen molar-refractivity contribution < 1.29 is 50.9 Å². The molecule has 264 valence electrons. The Balaban J connectivity index is 1.18. The molecule has 2 heterocycles. The molecule has 1 unspecified atom stereocenters. The summed E-state index contributed by atoms with van der Waals surface area (Å²) in [6, 6.07) is 17.9. The number of aryl methyl sites for hydroxylation is 1. The minimum absolute atomic E-state index is 0.123. The monoisotopic (exact) mass is 716 g/mol. The van der Waals surface area contributed by atoms with Crippen molar-refractivity contribution in [1.82, 2.24) is 24.4 Å².